The Labute approximate surface area is 134 Å². The third kappa shape index (κ3) is 7.91. The molecule has 1 amide bonds. The zero-order valence-electron chi connectivity index (χ0n) is 14.7. The summed E-state index contributed by atoms with van der Waals surface area (Å²) in [6.45, 7) is 12.2. The Morgan fingerprint density at radius 3 is 2.36 bits per heavy atom. The molecule has 0 bridgehead atoms. The molecular weight excluding hydrogens is 276 g/mol. The molecule has 1 aromatic rings. The van der Waals surface area contributed by atoms with Gasteiger partial charge in [-0.2, -0.15) is 0 Å². The maximum atomic E-state index is 11.8. The average molecular weight is 306 g/mol. The minimum Gasteiger partial charge on any atom is -0.444 e. The first-order valence-electron chi connectivity index (χ1n) is 8.02. The Hall–Kier alpha value is -1.71. The van der Waals surface area contributed by atoms with Crippen LogP contribution in [0.5, 0.6) is 0 Å². The van der Waals surface area contributed by atoms with Crippen molar-refractivity contribution in [1.82, 2.24) is 0 Å². The molecule has 1 atom stereocenters. The fourth-order valence-electron chi connectivity index (χ4n) is 2.05. The topological polar surface area (TPSA) is 50.4 Å². The molecular formula is C18H30N2O2. The zero-order valence-corrected chi connectivity index (χ0v) is 14.7. The molecule has 2 N–H and O–H groups in total. The van der Waals surface area contributed by atoms with Crippen molar-refractivity contribution < 1.29 is 9.53 Å². The number of carbonyl (C=O) groups excluding carboxylic acids is 1. The molecule has 0 saturated carbocycles. The Bertz CT molecular complexity index is 478. The fourth-order valence-corrected chi connectivity index (χ4v) is 2.05. The van der Waals surface area contributed by atoms with E-state index in [4.69, 9.17) is 4.74 Å². The second-order valence-electron chi connectivity index (χ2n) is 7.22. The summed E-state index contributed by atoms with van der Waals surface area (Å²) in [7, 11) is 0. The van der Waals surface area contributed by atoms with Gasteiger partial charge in [-0.3, -0.25) is 5.32 Å². The van der Waals surface area contributed by atoms with Crippen LogP contribution in [0.4, 0.5) is 16.2 Å². The van der Waals surface area contributed by atoms with Crippen LogP contribution < -0.4 is 10.6 Å². The molecule has 124 valence electrons. The van der Waals surface area contributed by atoms with Gasteiger partial charge in [0.15, 0.2) is 0 Å². The summed E-state index contributed by atoms with van der Waals surface area (Å²) in [6.07, 6.45) is 1.89. The van der Waals surface area contributed by atoms with Crippen LogP contribution in [0.25, 0.3) is 0 Å². The van der Waals surface area contributed by atoms with Crippen LogP contribution in [0.3, 0.4) is 0 Å². The average Bonchev–Trinajstić information content (AvgIpc) is 2.34. The predicted molar refractivity (Wildman–Crippen MR) is 93.5 cm³/mol. The van der Waals surface area contributed by atoms with Crippen LogP contribution >= 0.6 is 0 Å². The van der Waals surface area contributed by atoms with Crippen molar-refractivity contribution in [3.63, 3.8) is 0 Å². The molecule has 0 aromatic heterocycles. The van der Waals surface area contributed by atoms with E-state index in [0.717, 1.165) is 17.8 Å². The molecule has 0 spiro atoms. The van der Waals surface area contributed by atoms with Gasteiger partial charge in [0.2, 0.25) is 0 Å². The van der Waals surface area contributed by atoms with Crippen molar-refractivity contribution in [1.29, 1.82) is 0 Å². The van der Waals surface area contributed by atoms with Crippen LogP contribution in [0.1, 0.15) is 54.4 Å². The second-order valence-corrected chi connectivity index (χ2v) is 7.22. The normalized spacial score (nSPS) is 12.9. The maximum absolute atomic E-state index is 11.8. The number of hydrogen-bond acceptors (Lipinski definition) is 3. The minimum absolute atomic E-state index is 0.402. The third-order valence-corrected chi connectivity index (χ3v) is 3.10. The number of ether oxygens (including phenoxy) is 1. The number of hydrogen-bond donors (Lipinski definition) is 2. The smallest absolute Gasteiger partial charge is 0.412 e. The van der Waals surface area contributed by atoms with Gasteiger partial charge in [0.1, 0.15) is 5.60 Å². The summed E-state index contributed by atoms with van der Waals surface area (Å²) >= 11 is 0. The summed E-state index contributed by atoms with van der Waals surface area (Å²) in [6, 6.07) is 8.11. The lowest BCUT2D eigenvalue weighted by molar-refractivity contribution is 0.0636. The Morgan fingerprint density at radius 1 is 1.14 bits per heavy atom. The van der Waals surface area contributed by atoms with Crippen molar-refractivity contribution in [3.05, 3.63) is 24.3 Å². The van der Waals surface area contributed by atoms with E-state index in [-0.39, 0.29) is 0 Å². The lowest BCUT2D eigenvalue weighted by Gasteiger charge is -2.20. The molecule has 4 heteroatoms. The van der Waals surface area contributed by atoms with E-state index in [2.05, 4.69) is 31.4 Å². The summed E-state index contributed by atoms with van der Waals surface area (Å²) in [4.78, 5) is 11.8. The highest BCUT2D eigenvalue weighted by atomic mass is 16.6. The number of nitrogens with one attached hydrogen (secondary N) is 2. The van der Waals surface area contributed by atoms with Gasteiger partial charge >= 0.3 is 6.09 Å². The highest BCUT2D eigenvalue weighted by Crippen LogP contribution is 2.19. The van der Waals surface area contributed by atoms with E-state index in [9.17, 15) is 4.79 Å². The summed E-state index contributed by atoms with van der Waals surface area (Å²) in [5.41, 5.74) is 1.24. The molecule has 0 heterocycles. The van der Waals surface area contributed by atoms with E-state index in [1.165, 1.54) is 6.42 Å². The molecule has 0 fully saturated rings. The molecule has 0 aliphatic rings. The van der Waals surface area contributed by atoms with Crippen molar-refractivity contribution in [3.8, 4) is 0 Å². The van der Waals surface area contributed by atoms with Gasteiger partial charge in [-0.1, -0.05) is 19.9 Å². The van der Waals surface area contributed by atoms with E-state index < -0.39 is 11.7 Å². The Morgan fingerprint density at radius 2 is 1.77 bits per heavy atom. The predicted octanol–water partition coefficient (Wildman–Crippen LogP) is 5.27. The van der Waals surface area contributed by atoms with E-state index in [1.807, 2.05) is 45.0 Å². The van der Waals surface area contributed by atoms with Crippen molar-refractivity contribution in [2.45, 2.75) is 66.0 Å². The largest absolute Gasteiger partial charge is 0.444 e. The van der Waals surface area contributed by atoms with Crippen molar-refractivity contribution >= 4 is 17.5 Å². The number of rotatable bonds is 6. The Kier molecular flexibility index (Phi) is 6.72. The highest BCUT2D eigenvalue weighted by Gasteiger charge is 2.16. The van der Waals surface area contributed by atoms with E-state index in [1.54, 1.807) is 0 Å². The van der Waals surface area contributed by atoms with Gasteiger partial charge in [0.05, 0.1) is 0 Å². The van der Waals surface area contributed by atoms with Crippen LogP contribution in [0, 0.1) is 5.92 Å². The molecule has 0 aliphatic heterocycles. The first kappa shape index (κ1) is 18.3. The van der Waals surface area contributed by atoms with Gasteiger partial charge in [0.25, 0.3) is 0 Å². The number of carbonyl (C=O) groups is 1. The standard InChI is InChI=1S/C18H30N2O2/c1-13(2)10-11-14(3)19-15-8-7-9-16(12-15)20-17(21)22-18(4,5)6/h7-9,12-14,19H,10-11H2,1-6H3,(H,20,21). The van der Waals surface area contributed by atoms with Gasteiger partial charge in [-0.05, 0) is 64.7 Å². The SMILES string of the molecule is CC(C)CCC(C)Nc1cccc(NC(=O)OC(C)(C)C)c1. The maximum Gasteiger partial charge on any atom is 0.412 e. The zero-order chi connectivity index (χ0) is 16.8. The summed E-state index contributed by atoms with van der Waals surface area (Å²) < 4.78 is 5.26. The quantitative estimate of drug-likeness (QED) is 0.752. The number of benzene rings is 1. The van der Waals surface area contributed by atoms with Crippen LogP contribution in [0.15, 0.2) is 24.3 Å². The van der Waals surface area contributed by atoms with Gasteiger partial charge in [-0.15, -0.1) is 0 Å². The molecule has 4 nitrogen and oxygen atoms in total. The van der Waals surface area contributed by atoms with Crippen LogP contribution in [-0.4, -0.2) is 17.7 Å². The van der Waals surface area contributed by atoms with Gasteiger partial charge in [-0.25, -0.2) is 4.79 Å². The highest BCUT2D eigenvalue weighted by molar-refractivity contribution is 5.85. The van der Waals surface area contributed by atoms with Gasteiger partial charge < -0.3 is 10.1 Å². The Balaban J connectivity index is 2.57. The third-order valence-electron chi connectivity index (χ3n) is 3.10. The molecule has 1 aromatic carbocycles. The minimum atomic E-state index is -0.495. The monoisotopic (exact) mass is 306 g/mol. The molecule has 0 aliphatic carbocycles. The molecule has 1 unspecified atom stereocenters. The number of anilines is 2. The van der Waals surface area contributed by atoms with E-state index >= 15 is 0 Å². The molecule has 0 radical (unpaired) electrons. The lowest BCUT2D eigenvalue weighted by Crippen LogP contribution is -2.27. The lowest BCUT2D eigenvalue weighted by atomic mass is 10.0. The fraction of sp³-hybridized carbons (Fsp3) is 0.611. The molecule has 1 rings (SSSR count). The van der Waals surface area contributed by atoms with Crippen LogP contribution in [0.2, 0.25) is 0 Å². The van der Waals surface area contributed by atoms with Crippen LogP contribution in [-0.2, 0) is 4.74 Å². The van der Waals surface area contributed by atoms with E-state index in [0.29, 0.717) is 12.0 Å². The second kappa shape index (κ2) is 8.06. The van der Waals surface area contributed by atoms with Crippen molar-refractivity contribution in [2.75, 3.05) is 10.6 Å². The summed E-state index contributed by atoms with van der Waals surface area (Å²) in [5, 5.41) is 6.23. The summed E-state index contributed by atoms with van der Waals surface area (Å²) in [5.74, 6) is 0.712. The molecule has 0 saturated heterocycles. The first-order valence-corrected chi connectivity index (χ1v) is 8.02. The van der Waals surface area contributed by atoms with Crippen molar-refractivity contribution in [2.24, 2.45) is 5.92 Å². The first-order chi connectivity index (χ1) is 10.2. The number of amides is 1. The molecule has 22 heavy (non-hydrogen) atoms. The van der Waals surface area contributed by atoms with Gasteiger partial charge in [0, 0.05) is 17.4 Å².